The van der Waals surface area contributed by atoms with Crippen molar-refractivity contribution in [1.82, 2.24) is 0 Å². The Morgan fingerprint density at radius 1 is 1.78 bits per heavy atom. The molecule has 1 atom stereocenters. The number of carboxylic acid groups (broad SMARTS) is 1. The van der Waals surface area contributed by atoms with Gasteiger partial charge in [0, 0.05) is 5.75 Å². The van der Waals surface area contributed by atoms with Gasteiger partial charge in [0.05, 0.1) is 0 Å². The number of rotatable bonds is 2. The molecular weight excluding hydrogens is 169 g/mol. The van der Waals surface area contributed by atoms with E-state index < -0.39 is 12.0 Å². The number of carbonyl (C=O) groups is 1. The quantitative estimate of drug-likeness (QED) is 0.368. The number of aliphatic carboxylic acids is 1. The number of hydrogen-bond acceptors (Lipinski definition) is 3. The van der Waals surface area contributed by atoms with Crippen LogP contribution in [-0.4, -0.2) is 52.4 Å². The van der Waals surface area contributed by atoms with Crippen LogP contribution in [0.4, 0.5) is 0 Å². The molecule has 0 saturated heterocycles. The molecule has 9 heavy (non-hydrogen) atoms. The van der Waals surface area contributed by atoms with E-state index >= 15 is 0 Å². The Bertz CT molecular complexity index is 82.2. The zero-order valence-corrected chi connectivity index (χ0v) is 6.06. The molecule has 0 aliphatic heterocycles. The van der Waals surface area contributed by atoms with Gasteiger partial charge in [0.25, 0.3) is 0 Å². The van der Waals surface area contributed by atoms with Crippen LogP contribution in [0.5, 0.6) is 0 Å². The number of thiol groups is 1. The van der Waals surface area contributed by atoms with Crippen LogP contribution in [0.25, 0.3) is 0 Å². The topological polar surface area (TPSA) is 63.3 Å². The number of carboxylic acids is 1. The van der Waals surface area contributed by atoms with Crippen LogP contribution in [0, 0.1) is 0 Å². The molecule has 0 radical (unpaired) electrons. The standard InChI is InChI=1S/C3H7NO2S.Na.H2S.H/c4-2(1-7)3(5)6;;;/h2,7H,1,4H2,(H,5,6);;1H2;. The maximum atomic E-state index is 9.76. The van der Waals surface area contributed by atoms with Crippen molar-refractivity contribution in [1.29, 1.82) is 0 Å². The zero-order valence-electron chi connectivity index (χ0n) is 4.16. The van der Waals surface area contributed by atoms with E-state index in [9.17, 15) is 4.79 Å². The van der Waals surface area contributed by atoms with Crippen LogP contribution in [0.3, 0.4) is 0 Å². The summed E-state index contributed by atoms with van der Waals surface area (Å²) < 4.78 is 0. The molecule has 3 N–H and O–H groups in total. The van der Waals surface area contributed by atoms with Gasteiger partial charge < -0.3 is 10.8 Å². The third-order valence-electron chi connectivity index (χ3n) is 0.514. The predicted molar refractivity (Wildman–Crippen MR) is 47.0 cm³/mol. The second kappa shape index (κ2) is 9.13. The van der Waals surface area contributed by atoms with Crippen molar-refractivity contribution in [3.05, 3.63) is 0 Å². The van der Waals surface area contributed by atoms with Gasteiger partial charge in [-0.15, -0.1) is 0 Å². The first-order chi connectivity index (χ1) is 3.18. The summed E-state index contributed by atoms with van der Waals surface area (Å²) >= 11 is 3.65. The average Bonchev–Trinajstić information content (AvgIpc) is 1.65. The fourth-order valence-corrected chi connectivity index (χ4v) is 0.234. The van der Waals surface area contributed by atoms with Crippen molar-refractivity contribution >= 4 is 61.7 Å². The van der Waals surface area contributed by atoms with Gasteiger partial charge in [-0.05, 0) is 0 Å². The van der Waals surface area contributed by atoms with Crippen LogP contribution >= 0.6 is 26.1 Å². The van der Waals surface area contributed by atoms with Gasteiger partial charge in [-0.3, -0.25) is 4.79 Å². The van der Waals surface area contributed by atoms with E-state index in [0.717, 1.165) is 0 Å². The van der Waals surface area contributed by atoms with E-state index in [-0.39, 0.29) is 48.8 Å². The predicted octanol–water partition coefficient (Wildman–Crippen LogP) is -1.21. The van der Waals surface area contributed by atoms with Crippen molar-refractivity contribution < 1.29 is 9.90 Å². The molecule has 0 aromatic carbocycles. The first-order valence-electron chi connectivity index (χ1n) is 1.77. The molecule has 0 rings (SSSR count). The summed E-state index contributed by atoms with van der Waals surface area (Å²) in [6.45, 7) is 0. The molecule has 0 aromatic rings. The Morgan fingerprint density at radius 2 is 2.11 bits per heavy atom. The van der Waals surface area contributed by atoms with Gasteiger partial charge >= 0.3 is 35.5 Å². The minimum atomic E-state index is -1.00. The van der Waals surface area contributed by atoms with Crippen LogP contribution in [0.15, 0.2) is 0 Å². The second-order valence-corrected chi connectivity index (χ2v) is 1.49. The zero-order chi connectivity index (χ0) is 5.86. The molecule has 0 aliphatic rings. The fourth-order valence-electron chi connectivity index (χ4n) is 0.0781. The summed E-state index contributed by atoms with van der Waals surface area (Å²) in [6.07, 6.45) is 0. The molecule has 0 saturated carbocycles. The van der Waals surface area contributed by atoms with Crippen LogP contribution < -0.4 is 5.73 Å². The van der Waals surface area contributed by atoms with Crippen molar-refractivity contribution in [2.75, 3.05) is 5.75 Å². The summed E-state index contributed by atoms with van der Waals surface area (Å²) in [5.41, 5.74) is 4.94. The van der Waals surface area contributed by atoms with Crippen LogP contribution in [0.1, 0.15) is 0 Å². The normalized spacial score (nSPS) is 10.4. The summed E-state index contributed by atoms with van der Waals surface area (Å²) in [6, 6.07) is -0.816. The van der Waals surface area contributed by atoms with Gasteiger partial charge in [0.1, 0.15) is 6.04 Å². The molecule has 0 aromatic heterocycles. The molecule has 0 aliphatic carbocycles. The van der Waals surface area contributed by atoms with Crippen molar-refractivity contribution in [2.24, 2.45) is 5.73 Å². The van der Waals surface area contributed by atoms with Gasteiger partial charge in [0.15, 0.2) is 0 Å². The van der Waals surface area contributed by atoms with E-state index in [1.807, 2.05) is 0 Å². The molecule has 0 fully saturated rings. The summed E-state index contributed by atoms with van der Waals surface area (Å²) in [5.74, 6) is -0.815. The molecular formula is C3H10NNaO2S2. The Balaban J connectivity index is -0.000000180. The van der Waals surface area contributed by atoms with E-state index in [1.54, 1.807) is 0 Å². The van der Waals surface area contributed by atoms with Crippen LogP contribution in [0.2, 0.25) is 0 Å². The molecule has 0 heterocycles. The second-order valence-electron chi connectivity index (χ2n) is 1.13. The SMILES string of the molecule is NC(CS)C(=O)O.S.[NaH]. The van der Waals surface area contributed by atoms with Gasteiger partial charge in [-0.1, -0.05) is 0 Å². The molecule has 3 nitrogen and oxygen atoms in total. The molecule has 52 valence electrons. The van der Waals surface area contributed by atoms with Gasteiger partial charge in [-0.25, -0.2) is 0 Å². The van der Waals surface area contributed by atoms with E-state index in [4.69, 9.17) is 10.8 Å². The van der Waals surface area contributed by atoms with E-state index in [2.05, 4.69) is 12.6 Å². The number of hydrogen-bond donors (Lipinski definition) is 3. The Morgan fingerprint density at radius 3 is 2.11 bits per heavy atom. The Labute approximate surface area is 88.5 Å². The van der Waals surface area contributed by atoms with Crippen molar-refractivity contribution in [3.63, 3.8) is 0 Å². The van der Waals surface area contributed by atoms with Crippen LogP contribution in [-0.2, 0) is 4.79 Å². The molecule has 1 unspecified atom stereocenters. The van der Waals surface area contributed by atoms with Gasteiger partial charge in [0.2, 0.25) is 0 Å². The molecule has 0 amide bonds. The van der Waals surface area contributed by atoms with Gasteiger partial charge in [-0.2, -0.15) is 26.1 Å². The Hall–Kier alpha value is 1.13. The molecule has 6 heteroatoms. The Kier molecular flexibility index (Phi) is 16.9. The van der Waals surface area contributed by atoms with Crippen molar-refractivity contribution in [2.45, 2.75) is 6.04 Å². The first kappa shape index (κ1) is 16.6. The summed E-state index contributed by atoms with van der Waals surface area (Å²) in [4.78, 5) is 9.76. The summed E-state index contributed by atoms with van der Waals surface area (Å²) in [5, 5.41) is 8.01. The van der Waals surface area contributed by atoms with Crippen molar-refractivity contribution in [3.8, 4) is 0 Å². The third-order valence-corrected chi connectivity index (χ3v) is 0.907. The first-order valence-corrected chi connectivity index (χ1v) is 2.41. The summed E-state index contributed by atoms with van der Waals surface area (Å²) in [7, 11) is 0. The maximum absolute atomic E-state index is 9.76. The average molecular weight is 179 g/mol. The number of nitrogens with two attached hydrogens (primary N) is 1. The fraction of sp³-hybridized carbons (Fsp3) is 0.667. The molecule has 0 spiro atoms. The van der Waals surface area contributed by atoms with E-state index in [0.29, 0.717) is 0 Å². The molecule has 0 bridgehead atoms. The third kappa shape index (κ3) is 9.13. The monoisotopic (exact) mass is 179 g/mol. The minimum absolute atomic E-state index is 0. The van der Waals surface area contributed by atoms with E-state index in [1.165, 1.54) is 0 Å².